The van der Waals surface area contributed by atoms with Crippen LogP contribution < -0.4 is 10.3 Å². The van der Waals surface area contributed by atoms with Crippen molar-refractivity contribution < 1.29 is 28.9 Å². The third kappa shape index (κ3) is 3.26. The predicted molar refractivity (Wildman–Crippen MR) is 104 cm³/mol. The van der Waals surface area contributed by atoms with E-state index in [1.807, 2.05) is 0 Å². The summed E-state index contributed by atoms with van der Waals surface area (Å²) in [6.07, 6.45) is 1.06. The van der Waals surface area contributed by atoms with Gasteiger partial charge in [-0.05, 0) is 24.6 Å². The van der Waals surface area contributed by atoms with Crippen LogP contribution >= 0.6 is 0 Å². The second-order valence-electron chi connectivity index (χ2n) is 6.90. The molecule has 0 radical (unpaired) electrons. The Kier molecular flexibility index (Phi) is 5.13. The third-order valence-electron chi connectivity index (χ3n) is 4.93. The van der Waals surface area contributed by atoms with Gasteiger partial charge in [0.2, 0.25) is 0 Å². The van der Waals surface area contributed by atoms with E-state index in [1.165, 1.54) is 22.9 Å². The summed E-state index contributed by atoms with van der Waals surface area (Å²) in [5.41, 5.74) is 0.366. The van der Waals surface area contributed by atoms with Gasteiger partial charge in [-0.3, -0.25) is 14.3 Å². The summed E-state index contributed by atoms with van der Waals surface area (Å²) in [7, 11) is 0. The monoisotopic (exact) mass is 414 g/mol. The Hall–Kier alpha value is -3.46. The van der Waals surface area contributed by atoms with Gasteiger partial charge in [-0.2, -0.15) is 0 Å². The first-order chi connectivity index (χ1) is 14.4. The number of hydrogen-bond acceptors (Lipinski definition) is 7. The lowest BCUT2D eigenvalue weighted by molar-refractivity contribution is 0.0518. The summed E-state index contributed by atoms with van der Waals surface area (Å²) in [6.45, 7) is 1.24. The summed E-state index contributed by atoms with van der Waals surface area (Å²) >= 11 is 0. The van der Waals surface area contributed by atoms with Gasteiger partial charge in [0.25, 0.3) is 5.56 Å². The average molecular weight is 414 g/mol. The molecule has 30 heavy (non-hydrogen) atoms. The first-order valence-electron chi connectivity index (χ1n) is 9.41. The molecular weight excluding hydrogens is 395 g/mol. The van der Waals surface area contributed by atoms with Crippen LogP contribution in [0.1, 0.15) is 28.4 Å². The number of hydrogen-bond donors (Lipinski definition) is 2. The van der Waals surface area contributed by atoms with Crippen molar-refractivity contribution in [3.8, 4) is 11.5 Å². The number of carbonyl (C=O) groups is 1. The van der Waals surface area contributed by atoms with Gasteiger partial charge in [0.05, 0.1) is 19.8 Å². The Labute approximate surface area is 170 Å². The van der Waals surface area contributed by atoms with E-state index < -0.39 is 28.9 Å². The van der Waals surface area contributed by atoms with Gasteiger partial charge in [0.1, 0.15) is 23.0 Å². The smallest absolute Gasteiger partial charge is 0.347 e. The maximum Gasteiger partial charge on any atom is 0.347 e. The summed E-state index contributed by atoms with van der Waals surface area (Å²) < 4.78 is 25.3. The van der Waals surface area contributed by atoms with Gasteiger partial charge in [0.15, 0.2) is 17.1 Å². The van der Waals surface area contributed by atoms with Crippen molar-refractivity contribution in [3.05, 3.63) is 63.3 Å². The number of pyridine rings is 2. The van der Waals surface area contributed by atoms with Crippen LogP contribution in [0.25, 0.3) is 11.0 Å². The molecular formula is C21H19FN2O6. The third-order valence-corrected chi connectivity index (χ3v) is 4.93. The number of aromatic nitrogens is 2. The molecule has 1 aliphatic rings. The summed E-state index contributed by atoms with van der Waals surface area (Å²) in [6, 6.07) is 5.90. The van der Waals surface area contributed by atoms with Crippen LogP contribution in [-0.4, -0.2) is 45.1 Å². The molecule has 0 saturated carbocycles. The van der Waals surface area contributed by atoms with Crippen LogP contribution in [0.4, 0.5) is 4.39 Å². The Morgan fingerprint density at radius 3 is 2.77 bits per heavy atom. The fourth-order valence-corrected chi connectivity index (χ4v) is 3.55. The van der Waals surface area contributed by atoms with Crippen molar-refractivity contribution in [2.24, 2.45) is 0 Å². The molecule has 0 fully saturated rings. The van der Waals surface area contributed by atoms with E-state index >= 15 is 0 Å². The molecule has 3 aromatic rings. The van der Waals surface area contributed by atoms with Crippen molar-refractivity contribution in [1.29, 1.82) is 0 Å². The molecule has 0 unspecified atom stereocenters. The minimum Gasteiger partial charge on any atom is -0.505 e. The Morgan fingerprint density at radius 2 is 2.10 bits per heavy atom. The number of carbonyl (C=O) groups excluding carboxylic acids is 1. The molecule has 0 spiro atoms. The number of aromatic hydroxyl groups is 1. The number of esters is 1. The second-order valence-corrected chi connectivity index (χ2v) is 6.90. The van der Waals surface area contributed by atoms with Crippen molar-refractivity contribution in [2.45, 2.75) is 26.0 Å². The molecule has 0 bridgehead atoms. The van der Waals surface area contributed by atoms with Crippen molar-refractivity contribution in [2.75, 3.05) is 13.2 Å². The molecule has 8 nitrogen and oxygen atoms in total. The van der Waals surface area contributed by atoms with Crippen LogP contribution in [0.2, 0.25) is 0 Å². The summed E-state index contributed by atoms with van der Waals surface area (Å²) in [5.74, 6) is -1.61. The quantitative estimate of drug-likeness (QED) is 0.612. The van der Waals surface area contributed by atoms with Gasteiger partial charge in [-0.25, -0.2) is 9.18 Å². The van der Waals surface area contributed by atoms with Gasteiger partial charge >= 0.3 is 5.97 Å². The van der Waals surface area contributed by atoms with Gasteiger partial charge in [0, 0.05) is 18.2 Å². The van der Waals surface area contributed by atoms with Crippen LogP contribution in [0.15, 0.2) is 35.3 Å². The SMILES string of the molecule is CCOC(=O)c1c(O)c2ncc(Cc3ccc(F)cc3)c3c2n(c1=O)C[C@@H](CO)O3. The zero-order chi connectivity index (χ0) is 21.4. The number of benzene rings is 1. The molecule has 2 aromatic heterocycles. The maximum atomic E-state index is 13.2. The normalized spacial score (nSPS) is 15.1. The Morgan fingerprint density at radius 1 is 1.37 bits per heavy atom. The predicted octanol–water partition coefficient (Wildman–Crippen LogP) is 1.76. The molecule has 0 aliphatic carbocycles. The van der Waals surface area contributed by atoms with E-state index in [0.29, 0.717) is 12.0 Å². The minimum absolute atomic E-state index is 0.0203. The molecule has 9 heteroatoms. The van der Waals surface area contributed by atoms with Crippen LogP contribution in [-0.2, 0) is 17.7 Å². The fourth-order valence-electron chi connectivity index (χ4n) is 3.55. The van der Waals surface area contributed by atoms with Crippen LogP contribution in [0.3, 0.4) is 0 Å². The number of halogens is 1. The number of ether oxygens (including phenoxy) is 2. The maximum absolute atomic E-state index is 13.2. The molecule has 2 N–H and O–H groups in total. The van der Waals surface area contributed by atoms with E-state index in [2.05, 4.69) is 4.98 Å². The molecule has 4 rings (SSSR count). The van der Waals surface area contributed by atoms with E-state index in [0.717, 1.165) is 5.56 Å². The summed E-state index contributed by atoms with van der Waals surface area (Å²) in [4.78, 5) is 29.5. The largest absolute Gasteiger partial charge is 0.505 e. The highest BCUT2D eigenvalue weighted by Gasteiger charge is 2.31. The highest BCUT2D eigenvalue weighted by atomic mass is 19.1. The highest BCUT2D eigenvalue weighted by molar-refractivity contribution is 6.00. The van der Waals surface area contributed by atoms with Crippen LogP contribution in [0, 0.1) is 5.82 Å². The topological polar surface area (TPSA) is 111 Å². The van der Waals surface area contributed by atoms with E-state index in [4.69, 9.17) is 9.47 Å². The number of aliphatic hydroxyl groups is 1. The van der Waals surface area contributed by atoms with Gasteiger partial charge < -0.3 is 19.7 Å². The molecule has 3 heterocycles. The standard InChI is InChI=1S/C21H19FN2O6/c1-2-29-21(28)15-18(26)16-17-19(30-14(10-25)9-24(17)20(15)27)12(8-23-16)7-11-3-5-13(22)6-4-11/h3-6,8,14,25-26H,2,7,9-10H2,1H3/t14-/m0/s1. The fraction of sp³-hybridized carbons (Fsp3) is 0.286. The molecule has 0 amide bonds. The van der Waals surface area contributed by atoms with E-state index in [1.54, 1.807) is 19.1 Å². The van der Waals surface area contributed by atoms with E-state index in [9.17, 15) is 24.2 Å². The van der Waals surface area contributed by atoms with Crippen molar-refractivity contribution in [1.82, 2.24) is 9.55 Å². The lowest BCUT2D eigenvalue weighted by atomic mass is 10.0. The zero-order valence-electron chi connectivity index (χ0n) is 16.1. The van der Waals surface area contributed by atoms with Crippen molar-refractivity contribution in [3.63, 3.8) is 0 Å². The first-order valence-corrected chi connectivity index (χ1v) is 9.41. The second kappa shape index (κ2) is 7.75. The number of aliphatic hydroxyl groups excluding tert-OH is 1. The van der Waals surface area contributed by atoms with Crippen LogP contribution in [0.5, 0.6) is 11.5 Å². The number of nitrogens with zero attached hydrogens (tertiary/aromatic N) is 2. The minimum atomic E-state index is -0.948. The molecule has 1 atom stereocenters. The zero-order valence-corrected chi connectivity index (χ0v) is 16.1. The average Bonchev–Trinajstić information content (AvgIpc) is 2.74. The highest BCUT2D eigenvalue weighted by Crippen LogP contribution is 2.37. The first kappa shape index (κ1) is 19.8. The lowest BCUT2D eigenvalue weighted by Crippen LogP contribution is -2.39. The molecule has 156 valence electrons. The van der Waals surface area contributed by atoms with Gasteiger partial charge in [-0.15, -0.1) is 0 Å². The van der Waals surface area contributed by atoms with Gasteiger partial charge in [-0.1, -0.05) is 12.1 Å². The molecule has 0 saturated heterocycles. The molecule has 1 aliphatic heterocycles. The summed E-state index contributed by atoms with van der Waals surface area (Å²) in [5, 5.41) is 20.3. The lowest BCUT2D eigenvalue weighted by Gasteiger charge is -2.28. The van der Waals surface area contributed by atoms with E-state index in [-0.39, 0.29) is 42.4 Å². The molecule has 1 aromatic carbocycles. The number of rotatable bonds is 5. The Balaban J connectivity index is 1.94. The van der Waals surface area contributed by atoms with Crippen molar-refractivity contribution >= 4 is 17.0 Å². The Bertz CT molecular complexity index is 1190.